The van der Waals surface area contributed by atoms with Crippen LogP contribution in [-0.4, -0.2) is 47.4 Å². The van der Waals surface area contributed by atoms with Gasteiger partial charge in [0.2, 0.25) is 0 Å². The molecule has 1 aromatic rings. The van der Waals surface area contributed by atoms with Gasteiger partial charge in [0.05, 0.1) is 4.88 Å². The molecule has 3 rings (SSSR count). The zero-order chi connectivity index (χ0) is 14.1. The number of carbonyl (C=O) groups excluding carboxylic acids is 1. The maximum Gasteiger partial charge on any atom is 0.263 e. The molecule has 2 fully saturated rings. The summed E-state index contributed by atoms with van der Waals surface area (Å²) in [5.74, 6) is 0.903. The van der Waals surface area contributed by atoms with Gasteiger partial charge in [-0.1, -0.05) is 12.5 Å². The van der Waals surface area contributed by atoms with Gasteiger partial charge in [0.15, 0.2) is 0 Å². The molecule has 0 saturated carbocycles. The normalized spacial score (nSPS) is 27.6. The van der Waals surface area contributed by atoms with Gasteiger partial charge in [0.1, 0.15) is 0 Å². The second-order valence-electron chi connectivity index (χ2n) is 6.34. The van der Waals surface area contributed by atoms with Crippen molar-refractivity contribution in [1.82, 2.24) is 9.80 Å². The van der Waals surface area contributed by atoms with Crippen LogP contribution in [0.5, 0.6) is 0 Å². The van der Waals surface area contributed by atoms with E-state index in [2.05, 4.69) is 23.6 Å². The van der Waals surface area contributed by atoms with Crippen LogP contribution in [0.2, 0.25) is 0 Å². The fraction of sp³-hybridized carbons (Fsp3) is 0.688. The van der Waals surface area contributed by atoms with E-state index < -0.39 is 0 Å². The molecule has 0 bridgehead atoms. The molecule has 4 heteroatoms. The Morgan fingerprint density at radius 2 is 2.20 bits per heavy atom. The molecule has 3 heterocycles. The Bertz CT molecular complexity index is 457. The SMILES string of the molecule is CC(C)N1CCCC[C@H]2CN(C(=O)c3cccs3)C[C@H]21. The van der Waals surface area contributed by atoms with Crippen LogP contribution in [0.4, 0.5) is 0 Å². The molecular formula is C16H24N2OS. The van der Waals surface area contributed by atoms with Crippen molar-refractivity contribution in [3.63, 3.8) is 0 Å². The summed E-state index contributed by atoms with van der Waals surface area (Å²) >= 11 is 1.56. The predicted octanol–water partition coefficient (Wildman–Crippen LogP) is 3.08. The maximum atomic E-state index is 12.5. The van der Waals surface area contributed by atoms with Crippen LogP contribution in [0.1, 0.15) is 42.8 Å². The van der Waals surface area contributed by atoms with Crippen molar-refractivity contribution < 1.29 is 4.79 Å². The summed E-state index contributed by atoms with van der Waals surface area (Å²) in [5, 5.41) is 1.99. The summed E-state index contributed by atoms with van der Waals surface area (Å²) in [7, 11) is 0. The van der Waals surface area contributed by atoms with Gasteiger partial charge in [0, 0.05) is 25.2 Å². The molecule has 2 atom stereocenters. The first kappa shape index (κ1) is 14.1. The van der Waals surface area contributed by atoms with E-state index >= 15 is 0 Å². The smallest absolute Gasteiger partial charge is 0.263 e. The lowest BCUT2D eigenvalue weighted by molar-refractivity contribution is 0.0771. The Labute approximate surface area is 125 Å². The van der Waals surface area contributed by atoms with Gasteiger partial charge >= 0.3 is 0 Å². The van der Waals surface area contributed by atoms with Crippen molar-refractivity contribution in [1.29, 1.82) is 0 Å². The van der Waals surface area contributed by atoms with Crippen LogP contribution < -0.4 is 0 Å². The average Bonchev–Trinajstić information content (AvgIpc) is 3.04. The second kappa shape index (κ2) is 5.86. The third kappa shape index (κ3) is 2.63. The van der Waals surface area contributed by atoms with E-state index in [1.807, 2.05) is 17.5 Å². The van der Waals surface area contributed by atoms with E-state index in [1.165, 1.54) is 25.8 Å². The van der Waals surface area contributed by atoms with Crippen molar-refractivity contribution in [3.8, 4) is 0 Å². The van der Waals surface area contributed by atoms with E-state index in [0.717, 1.165) is 18.0 Å². The van der Waals surface area contributed by atoms with E-state index in [0.29, 0.717) is 18.0 Å². The topological polar surface area (TPSA) is 23.6 Å². The summed E-state index contributed by atoms with van der Waals surface area (Å²) in [6.45, 7) is 7.63. The fourth-order valence-electron chi connectivity index (χ4n) is 3.74. The number of hydrogen-bond acceptors (Lipinski definition) is 3. The second-order valence-corrected chi connectivity index (χ2v) is 7.29. The summed E-state index contributed by atoms with van der Waals surface area (Å²) in [6, 6.07) is 5.06. The first-order chi connectivity index (χ1) is 9.66. The highest BCUT2D eigenvalue weighted by atomic mass is 32.1. The van der Waals surface area contributed by atoms with E-state index in [-0.39, 0.29) is 5.91 Å². The number of nitrogens with zero attached hydrogens (tertiary/aromatic N) is 2. The molecule has 2 saturated heterocycles. The lowest BCUT2D eigenvalue weighted by atomic mass is 9.98. The predicted molar refractivity (Wildman–Crippen MR) is 83.2 cm³/mol. The summed E-state index contributed by atoms with van der Waals surface area (Å²) in [5.41, 5.74) is 0. The van der Waals surface area contributed by atoms with Gasteiger partial charge in [-0.2, -0.15) is 0 Å². The Morgan fingerprint density at radius 3 is 2.90 bits per heavy atom. The molecule has 0 unspecified atom stereocenters. The van der Waals surface area contributed by atoms with E-state index in [9.17, 15) is 4.79 Å². The average molecular weight is 292 g/mol. The molecule has 110 valence electrons. The van der Waals surface area contributed by atoms with Crippen molar-refractivity contribution in [3.05, 3.63) is 22.4 Å². The number of fused-ring (bicyclic) bond motifs is 1. The first-order valence-electron chi connectivity index (χ1n) is 7.75. The van der Waals surface area contributed by atoms with Crippen molar-refractivity contribution in [2.75, 3.05) is 19.6 Å². The number of amides is 1. The minimum absolute atomic E-state index is 0.233. The zero-order valence-electron chi connectivity index (χ0n) is 12.4. The van der Waals surface area contributed by atoms with Crippen LogP contribution >= 0.6 is 11.3 Å². The third-order valence-electron chi connectivity index (χ3n) is 4.76. The highest BCUT2D eigenvalue weighted by Crippen LogP contribution is 2.32. The molecule has 0 radical (unpaired) electrons. The monoisotopic (exact) mass is 292 g/mol. The number of thiophene rings is 1. The van der Waals surface area contributed by atoms with Crippen LogP contribution in [0.25, 0.3) is 0 Å². The molecule has 1 amide bonds. The van der Waals surface area contributed by atoms with Gasteiger partial charge in [-0.15, -0.1) is 11.3 Å². The molecule has 2 aliphatic rings. The minimum Gasteiger partial charge on any atom is -0.336 e. The van der Waals surface area contributed by atoms with Gasteiger partial charge in [-0.3, -0.25) is 9.69 Å². The van der Waals surface area contributed by atoms with Gasteiger partial charge < -0.3 is 4.90 Å². The van der Waals surface area contributed by atoms with Crippen LogP contribution in [0.3, 0.4) is 0 Å². The molecule has 0 aromatic carbocycles. The third-order valence-corrected chi connectivity index (χ3v) is 5.61. The van der Waals surface area contributed by atoms with Crippen molar-refractivity contribution in [2.24, 2.45) is 5.92 Å². The van der Waals surface area contributed by atoms with E-state index in [4.69, 9.17) is 0 Å². The Hall–Kier alpha value is -0.870. The van der Waals surface area contributed by atoms with Crippen molar-refractivity contribution in [2.45, 2.75) is 45.2 Å². The van der Waals surface area contributed by atoms with Crippen molar-refractivity contribution >= 4 is 17.2 Å². The molecule has 3 nitrogen and oxygen atoms in total. The molecule has 20 heavy (non-hydrogen) atoms. The van der Waals surface area contributed by atoms with Crippen LogP contribution in [0.15, 0.2) is 17.5 Å². The van der Waals surface area contributed by atoms with Gasteiger partial charge in [-0.05, 0) is 50.6 Å². The Morgan fingerprint density at radius 1 is 1.35 bits per heavy atom. The molecule has 0 aliphatic carbocycles. The maximum absolute atomic E-state index is 12.5. The van der Waals surface area contributed by atoms with Crippen LogP contribution in [-0.2, 0) is 0 Å². The molecule has 0 spiro atoms. The summed E-state index contributed by atoms with van der Waals surface area (Å²) in [4.78, 5) is 18.1. The largest absolute Gasteiger partial charge is 0.336 e. The summed E-state index contributed by atoms with van der Waals surface area (Å²) < 4.78 is 0. The number of rotatable bonds is 2. The highest BCUT2D eigenvalue weighted by molar-refractivity contribution is 7.12. The molecule has 1 aromatic heterocycles. The standard InChI is InChI=1S/C16H24N2OS/c1-12(2)18-8-4-3-6-13-10-17(11-14(13)18)16(19)15-7-5-9-20-15/h5,7,9,12-14H,3-4,6,8,10-11H2,1-2H3/t13-,14+/m0/s1. The fourth-order valence-corrected chi connectivity index (χ4v) is 4.43. The molecule has 0 N–H and O–H groups in total. The lowest BCUT2D eigenvalue weighted by Gasteiger charge is -2.33. The summed E-state index contributed by atoms with van der Waals surface area (Å²) in [6.07, 6.45) is 3.90. The van der Waals surface area contributed by atoms with E-state index in [1.54, 1.807) is 11.3 Å². The van der Waals surface area contributed by atoms with Gasteiger partial charge in [0.25, 0.3) is 5.91 Å². The van der Waals surface area contributed by atoms with Crippen LogP contribution in [0, 0.1) is 5.92 Å². The first-order valence-corrected chi connectivity index (χ1v) is 8.63. The zero-order valence-corrected chi connectivity index (χ0v) is 13.2. The molecular weight excluding hydrogens is 268 g/mol. The minimum atomic E-state index is 0.233. The number of carbonyl (C=O) groups is 1. The number of hydrogen-bond donors (Lipinski definition) is 0. The highest BCUT2D eigenvalue weighted by Gasteiger charge is 2.40. The lowest BCUT2D eigenvalue weighted by Crippen LogP contribution is -2.44. The molecule has 2 aliphatic heterocycles. The Balaban J connectivity index is 1.75. The number of likely N-dealkylation sites (tertiary alicyclic amines) is 2. The van der Waals surface area contributed by atoms with Gasteiger partial charge in [-0.25, -0.2) is 0 Å². The Kier molecular flexibility index (Phi) is 4.13. The quantitative estimate of drug-likeness (QED) is 0.836.